The molecular formula is C19H16O2. The summed E-state index contributed by atoms with van der Waals surface area (Å²) in [7, 11) is 0. The Bertz CT molecular complexity index is 773. The van der Waals surface area contributed by atoms with Crippen LogP contribution in [0, 0.1) is 0 Å². The zero-order chi connectivity index (χ0) is 14.7. The van der Waals surface area contributed by atoms with Gasteiger partial charge in [-0.2, -0.15) is 0 Å². The Morgan fingerprint density at radius 2 is 1.52 bits per heavy atom. The molecule has 3 aromatic carbocycles. The molecule has 2 heteroatoms. The smallest absolute Gasteiger partial charge is 0.150 e. The van der Waals surface area contributed by atoms with Crippen LogP contribution in [0.5, 0.6) is 5.75 Å². The summed E-state index contributed by atoms with van der Waals surface area (Å²) in [5, 5.41) is 11.9. The van der Waals surface area contributed by atoms with Crippen LogP contribution in [0.4, 0.5) is 0 Å². The highest BCUT2D eigenvalue weighted by Crippen LogP contribution is 2.27. The van der Waals surface area contributed by atoms with Gasteiger partial charge in [-0.3, -0.25) is 4.79 Å². The Hall–Kier alpha value is -2.61. The molecule has 104 valence electrons. The van der Waals surface area contributed by atoms with Gasteiger partial charge in [-0.15, -0.1) is 0 Å². The van der Waals surface area contributed by atoms with Crippen molar-refractivity contribution in [2.24, 2.45) is 0 Å². The van der Waals surface area contributed by atoms with E-state index in [2.05, 4.69) is 6.07 Å². The lowest BCUT2D eigenvalue weighted by atomic mass is 9.98. The van der Waals surface area contributed by atoms with Gasteiger partial charge in [-0.25, -0.2) is 0 Å². The predicted molar refractivity (Wildman–Crippen MR) is 84.9 cm³/mol. The molecule has 0 aliphatic rings. The lowest BCUT2D eigenvalue weighted by Crippen LogP contribution is -1.93. The maximum absolute atomic E-state index is 10.7. The van der Waals surface area contributed by atoms with E-state index in [1.54, 1.807) is 6.07 Å². The molecular weight excluding hydrogens is 260 g/mol. The number of carbonyl (C=O) groups is 1. The first-order valence-electron chi connectivity index (χ1n) is 7.01. The Morgan fingerprint density at radius 1 is 0.810 bits per heavy atom. The molecule has 1 N–H and O–H groups in total. The standard InChI is InChI=1S/C19H16O2/c20-13-15-9-7-14(8-10-15)11-12-16-3-1-5-18-17(16)4-2-6-19(18)21/h1-10,13,21H,11-12H2. The SMILES string of the molecule is O=Cc1ccc(CCc2cccc3c(O)cccc23)cc1. The summed E-state index contributed by atoms with van der Waals surface area (Å²) in [6, 6.07) is 19.3. The van der Waals surface area contributed by atoms with E-state index in [0.717, 1.165) is 29.9 Å². The second-order valence-electron chi connectivity index (χ2n) is 5.15. The summed E-state index contributed by atoms with van der Waals surface area (Å²) in [5.74, 6) is 0.324. The number of carbonyl (C=O) groups excluding carboxylic acids is 1. The van der Waals surface area contributed by atoms with E-state index in [9.17, 15) is 9.90 Å². The van der Waals surface area contributed by atoms with Crippen LogP contribution in [0.15, 0.2) is 60.7 Å². The van der Waals surface area contributed by atoms with E-state index >= 15 is 0 Å². The van der Waals surface area contributed by atoms with E-state index < -0.39 is 0 Å². The van der Waals surface area contributed by atoms with Gasteiger partial charge in [0, 0.05) is 10.9 Å². The highest BCUT2D eigenvalue weighted by Gasteiger charge is 2.04. The molecule has 21 heavy (non-hydrogen) atoms. The number of aromatic hydroxyl groups is 1. The van der Waals surface area contributed by atoms with Gasteiger partial charge >= 0.3 is 0 Å². The minimum absolute atomic E-state index is 0.324. The monoisotopic (exact) mass is 276 g/mol. The molecule has 0 saturated heterocycles. The molecule has 2 nitrogen and oxygen atoms in total. The second kappa shape index (κ2) is 5.80. The average molecular weight is 276 g/mol. The van der Waals surface area contributed by atoms with Crippen LogP contribution in [0.1, 0.15) is 21.5 Å². The van der Waals surface area contributed by atoms with Crippen molar-refractivity contribution in [3.63, 3.8) is 0 Å². The molecule has 0 unspecified atom stereocenters. The van der Waals surface area contributed by atoms with Crippen LogP contribution in [-0.2, 0) is 12.8 Å². The van der Waals surface area contributed by atoms with Gasteiger partial charge in [-0.05, 0) is 35.4 Å². The van der Waals surface area contributed by atoms with Gasteiger partial charge < -0.3 is 5.11 Å². The van der Waals surface area contributed by atoms with Crippen molar-refractivity contribution in [3.8, 4) is 5.75 Å². The molecule has 0 amide bonds. The molecule has 0 radical (unpaired) electrons. The van der Waals surface area contributed by atoms with Crippen molar-refractivity contribution in [3.05, 3.63) is 77.4 Å². The van der Waals surface area contributed by atoms with Crippen molar-refractivity contribution in [2.45, 2.75) is 12.8 Å². The number of aryl methyl sites for hydroxylation is 2. The van der Waals surface area contributed by atoms with E-state index in [4.69, 9.17) is 0 Å². The second-order valence-corrected chi connectivity index (χ2v) is 5.15. The lowest BCUT2D eigenvalue weighted by molar-refractivity contribution is 0.112. The third kappa shape index (κ3) is 2.79. The number of rotatable bonds is 4. The van der Waals surface area contributed by atoms with E-state index in [0.29, 0.717) is 11.3 Å². The summed E-state index contributed by atoms with van der Waals surface area (Å²) in [6.45, 7) is 0. The van der Waals surface area contributed by atoms with Crippen molar-refractivity contribution >= 4 is 17.1 Å². The predicted octanol–water partition coefficient (Wildman–Crippen LogP) is 4.14. The largest absolute Gasteiger partial charge is 0.507 e. The van der Waals surface area contributed by atoms with Gasteiger partial charge in [0.25, 0.3) is 0 Å². The van der Waals surface area contributed by atoms with E-state index in [1.165, 1.54) is 11.1 Å². The normalized spacial score (nSPS) is 10.7. The number of benzene rings is 3. The molecule has 0 aromatic heterocycles. The Labute approximate surface area is 123 Å². The third-order valence-electron chi connectivity index (χ3n) is 3.79. The van der Waals surface area contributed by atoms with Gasteiger partial charge in [0.15, 0.2) is 0 Å². The maximum atomic E-state index is 10.7. The molecule has 0 spiro atoms. The molecule has 0 aliphatic heterocycles. The molecule has 0 fully saturated rings. The van der Waals surface area contributed by atoms with Crippen LogP contribution in [-0.4, -0.2) is 11.4 Å². The van der Waals surface area contributed by atoms with Gasteiger partial charge in [0.2, 0.25) is 0 Å². The first kappa shape index (κ1) is 13.4. The zero-order valence-electron chi connectivity index (χ0n) is 11.6. The van der Waals surface area contributed by atoms with Gasteiger partial charge in [-0.1, -0.05) is 54.6 Å². The molecule has 0 bridgehead atoms. The summed E-state index contributed by atoms with van der Waals surface area (Å²) in [5.41, 5.74) is 3.13. The Morgan fingerprint density at radius 3 is 2.29 bits per heavy atom. The van der Waals surface area contributed by atoms with Gasteiger partial charge in [0.1, 0.15) is 12.0 Å². The van der Waals surface area contributed by atoms with Crippen LogP contribution in [0.3, 0.4) is 0 Å². The molecule has 0 aliphatic carbocycles. The van der Waals surface area contributed by atoms with Crippen molar-refractivity contribution < 1.29 is 9.90 Å². The van der Waals surface area contributed by atoms with Crippen LogP contribution >= 0.6 is 0 Å². The number of aldehydes is 1. The lowest BCUT2D eigenvalue weighted by Gasteiger charge is -2.08. The minimum atomic E-state index is 0.324. The van der Waals surface area contributed by atoms with E-state index in [-0.39, 0.29) is 0 Å². The number of hydrogen-bond acceptors (Lipinski definition) is 2. The number of fused-ring (bicyclic) bond motifs is 1. The number of phenols is 1. The fourth-order valence-electron chi connectivity index (χ4n) is 2.62. The summed E-state index contributed by atoms with van der Waals surface area (Å²) < 4.78 is 0. The first-order valence-corrected chi connectivity index (χ1v) is 7.01. The van der Waals surface area contributed by atoms with Gasteiger partial charge in [0.05, 0.1) is 0 Å². The number of phenolic OH excluding ortho intramolecular Hbond substituents is 1. The van der Waals surface area contributed by atoms with Crippen LogP contribution in [0.2, 0.25) is 0 Å². The van der Waals surface area contributed by atoms with Crippen molar-refractivity contribution in [1.82, 2.24) is 0 Å². The fraction of sp³-hybridized carbons (Fsp3) is 0.105. The summed E-state index contributed by atoms with van der Waals surface area (Å²) in [4.78, 5) is 10.7. The molecule has 3 rings (SSSR count). The Balaban J connectivity index is 1.84. The Kier molecular flexibility index (Phi) is 3.69. The van der Waals surface area contributed by atoms with Crippen LogP contribution < -0.4 is 0 Å². The fourth-order valence-corrected chi connectivity index (χ4v) is 2.62. The quantitative estimate of drug-likeness (QED) is 0.727. The molecule has 3 aromatic rings. The summed E-state index contributed by atoms with van der Waals surface area (Å²) in [6.07, 6.45) is 2.67. The van der Waals surface area contributed by atoms with Crippen molar-refractivity contribution in [2.75, 3.05) is 0 Å². The highest BCUT2D eigenvalue weighted by molar-refractivity contribution is 5.90. The maximum Gasteiger partial charge on any atom is 0.150 e. The van der Waals surface area contributed by atoms with E-state index in [1.807, 2.05) is 48.5 Å². The van der Waals surface area contributed by atoms with Crippen LogP contribution in [0.25, 0.3) is 10.8 Å². The first-order chi connectivity index (χ1) is 10.3. The third-order valence-corrected chi connectivity index (χ3v) is 3.79. The average Bonchev–Trinajstić information content (AvgIpc) is 2.54. The molecule has 0 atom stereocenters. The minimum Gasteiger partial charge on any atom is -0.507 e. The number of hydrogen-bond donors (Lipinski definition) is 1. The summed E-state index contributed by atoms with van der Waals surface area (Å²) >= 11 is 0. The molecule has 0 saturated carbocycles. The molecule has 0 heterocycles. The van der Waals surface area contributed by atoms with Crippen molar-refractivity contribution in [1.29, 1.82) is 0 Å². The zero-order valence-corrected chi connectivity index (χ0v) is 11.6. The topological polar surface area (TPSA) is 37.3 Å². The highest BCUT2D eigenvalue weighted by atomic mass is 16.3.